The van der Waals surface area contributed by atoms with E-state index in [1.165, 1.54) is 3.97 Å². The predicted molar refractivity (Wildman–Crippen MR) is 180 cm³/mol. The molecule has 2 aliphatic carbocycles. The summed E-state index contributed by atoms with van der Waals surface area (Å²) in [6.45, 7) is 3.91. The van der Waals surface area contributed by atoms with Crippen molar-refractivity contribution < 1.29 is 32.1 Å². The average Bonchev–Trinajstić information content (AvgIpc) is 3.73. The lowest BCUT2D eigenvalue weighted by molar-refractivity contribution is -0.171. The largest absolute Gasteiger partial charge is 0.491 e. The third-order valence-corrected chi connectivity index (χ3v) is 12.9. The van der Waals surface area contributed by atoms with E-state index in [0.717, 1.165) is 40.3 Å². The second kappa shape index (κ2) is 13.1. The summed E-state index contributed by atoms with van der Waals surface area (Å²) in [6, 6.07) is 11.2. The summed E-state index contributed by atoms with van der Waals surface area (Å²) >= 11 is 8.04. The molecule has 2 fully saturated rings. The van der Waals surface area contributed by atoms with Crippen molar-refractivity contribution in [1.29, 1.82) is 0 Å². The van der Waals surface area contributed by atoms with E-state index in [1.807, 2.05) is 42.6 Å². The molecule has 248 valence electrons. The van der Waals surface area contributed by atoms with E-state index in [9.17, 15) is 8.42 Å². The zero-order chi connectivity index (χ0) is 32.6. The number of ether oxygens (including phenoxy) is 5. The minimum Gasteiger partial charge on any atom is -0.491 e. The molecule has 47 heavy (non-hydrogen) atoms. The molecule has 0 spiro atoms. The van der Waals surface area contributed by atoms with Crippen LogP contribution >= 0.6 is 22.9 Å². The van der Waals surface area contributed by atoms with Crippen LogP contribution in [0.15, 0.2) is 78.2 Å². The summed E-state index contributed by atoms with van der Waals surface area (Å²) < 4.78 is 57.5. The van der Waals surface area contributed by atoms with E-state index in [-0.39, 0.29) is 12.9 Å². The van der Waals surface area contributed by atoms with E-state index in [0.29, 0.717) is 48.2 Å². The Balaban J connectivity index is 1.18. The molecule has 3 atom stereocenters. The molecular formula is C34H36ClN3O7S2. The van der Waals surface area contributed by atoms with Gasteiger partial charge in [0.25, 0.3) is 0 Å². The topological polar surface area (TPSA) is 111 Å². The van der Waals surface area contributed by atoms with Gasteiger partial charge in [-0.25, -0.2) is 22.4 Å². The van der Waals surface area contributed by atoms with Crippen LogP contribution in [-0.2, 0) is 34.6 Å². The highest BCUT2D eigenvalue weighted by Crippen LogP contribution is 2.48. The predicted octanol–water partition coefficient (Wildman–Crippen LogP) is 6.37. The normalized spacial score (nSPS) is 24.2. The number of benzene rings is 1. The molecule has 3 aromatic heterocycles. The third kappa shape index (κ3) is 5.94. The SMILES string of the molecule is COCOC1(c2ncc(-c3ccnc4c3ccn4S(=O)(=O)C3(C)C=C(Cl)C=CC3c3ccc(OCC4COCCO4)cc3)s2)CCC1. The maximum Gasteiger partial charge on any atom is 0.250 e. The highest BCUT2D eigenvalue weighted by molar-refractivity contribution is 7.91. The summed E-state index contributed by atoms with van der Waals surface area (Å²) in [4.78, 5) is 10.2. The van der Waals surface area contributed by atoms with Crippen LogP contribution in [0.2, 0.25) is 0 Å². The summed E-state index contributed by atoms with van der Waals surface area (Å²) in [5.74, 6) is 0.128. The molecule has 0 bridgehead atoms. The lowest BCUT2D eigenvalue weighted by atomic mass is 9.80. The van der Waals surface area contributed by atoms with Gasteiger partial charge in [-0.3, -0.25) is 0 Å². The van der Waals surface area contributed by atoms with E-state index in [4.69, 9.17) is 40.3 Å². The molecule has 4 aromatic rings. The fraction of sp³-hybridized carbons (Fsp3) is 0.412. The van der Waals surface area contributed by atoms with Crippen LogP contribution in [0.4, 0.5) is 0 Å². The highest BCUT2D eigenvalue weighted by Gasteiger charge is 2.47. The van der Waals surface area contributed by atoms with Gasteiger partial charge in [0.2, 0.25) is 10.0 Å². The van der Waals surface area contributed by atoms with Crippen molar-refractivity contribution in [1.82, 2.24) is 13.9 Å². The maximum atomic E-state index is 14.7. The monoisotopic (exact) mass is 697 g/mol. The molecule has 0 radical (unpaired) electrons. The summed E-state index contributed by atoms with van der Waals surface area (Å²) in [7, 11) is -2.49. The first-order valence-corrected chi connectivity index (χ1v) is 18.2. The number of halogens is 1. The van der Waals surface area contributed by atoms with Crippen molar-refractivity contribution in [2.75, 3.05) is 40.3 Å². The van der Waals surface area contributed by atoms with Crippen LogP contribution in [0.1, 0.15) is 42.7 Å². The molecular weight excluding hydrogens is 662 g/mol. The van der Waals surface area contributed by atoms with Crippen LogP contribution in [0.25, 0.3) is 21.5 Å². The standard InChI is InChI=1S/C34H36ClN3O7S2/c1-33(18-24(35)6-9-29(33)23-4-7-25(8-5-23)44-21-26-20-42-16-17-43-26)47(39,40)38-15-11-28-27(10-14-36-31(28)38)30-19-37-32(46-30)34(12-3-13-34)45-22-41-2/h4-11,14-15,18-19,26,29H,3,12-13,16-17,20-22H2,1-2H3. The van der Waals surface area contributed by atoms with E-state index in [1.54, 1.807) is 56.0 Å². The molecule has 0 N–H and O–H groups in total. The Kier molecular flexibility index (Phi) is 9.03. The fourth-order valence-corrected chi connectivity index (χ4v) is 9.75. The number of fused-ring (bicyclic) bond motifs is 1. The van der Waals surface area contributed by atoms with Crippen molar-refractivity contribution in [3.63, 3.8) is 0 Å². The molecule has 3 aliphatic rings. The number of nitrogens with zero attached hydrogens (tertiary/aromatic N) is 3. The van der Waals surface area contributed by atoms with Crippen molar-refractivity contribution in [3.05, 3.63) is 88.8 Å². The Morgan fingerprint density at radius 2 is 1.96 bits per heavy atom. The van der Waals surface area contributed by atoms with Crippen molar-refractivity contribution in [2.24, 2.45) is 0 Å². The first kappa shape index (κ1) is 32.4. The van der Waals surface area contributed by atoms with E-state index >= 15 is 0 Å². The van der Waals surface area contributed by atoms with Gasteiger partial charge >= 0.3 is 0 Å². The van der Waals surface area contributed by atoms with Crippen LogP contribution in [0.5, 0.6) is 5.75 Å². The highest BCUT2D eigenvalue weighted by atomic mass is 35.5. The van der Waals surface area contributed by atoms with Gasteiger partial charge in [0.15, 0.2) is 5.65 Å². The summed E-state index contributed by atoms with van der Waals surface area (Å²) in [5, 5.41) is 1.96. The zero-order valence-corrected chi connectivity index (χ0v) is 28.5. The minimum absolute atomic E-state index is 0.122. The fourth-order valence-electron chi connectivity index (χ4n) is 6.40. The van der Waals surface area contributed by atoms with Gasteiger partial charge in [0.05, 0.1) is 24.7 Å². The average molecular weight is 698 g/mol. The quantitative estimate of drug-likeness (QED) is 0.165. The van der Waals surface area contributed by atoms with E-state index in [2.05, 4.69) is 4.98 Å². The Morgan fingerprint density at radius 3 is 2.68 bits per heavy atom. The van der Waals surface area contributed by atoms with Gasteiger partial charge in [-0.05, 0) is 68.2 Å². The second-order valence-electron chi connectivity index (χ2n) is 12.1. The van der Waals surface area contributed by atoms with Gasteiger partial charge < -0.3 is 23.7 Å². The molecule has 3 unspecified atom stereocenters. The van der Waals surface area contributed by atoms with Gasteiger partial charge in [0, 0.05) is 47.6 Å². The van der Waals surface area contributed by atoms with Gasteiger partial charge in [-0.1, -0.05) is 29.8 Å². The molecule has 1 saturated heterocycles. The number of pyridine rings is 1. The van der Waals surface area contributed by atoms with Crippen molar-refractivity contribution in [2.45, 2.75) is 48.6 Å². The summed E-state index contributed by atoms with van der Waals surface area (Å²) in [5.41, 5.74) is 1.56. The second-order valence-corrected chi connectivity index (χ2v) is 15.8. The maximum absolute atomic E-state index is 14.7. The Hall–Kier alpha value is -3.10. The van der Waals surface area contributed by atoms with E-state index < -0.39 is 26.3 Å². The summed E-state index contributed by atoms with van der Waals surface area (Å²) in [6.07, 6.45) is 12.9. The Bertz CT molecular complexity index is 1910. The molecule has 13 heteroatoms. The third-order valence-electron chi connectivity index (χ3n) is 9.19. The molecule has 7 rings (SSSR count). The number of allylic oxidation sites excluding steroid dienone is 3. The molecule has 1 aromatic carbocycles. The number of hydrogen-bond acceptors (Lipinski definition) is 10. The molecule has 1 aliphatic heterocycles. The Labute approximate surface area is 283 Å². The zero-order valence-electron chi connectivity index (χ0n) is 26.1. The smallest absolute Gasteiger partial charge is 0.250 e. The van der Waals surface area contributed by atoms with Crippen molar-refractivity contribution in [3.8, 4) is 16.2 Å². The molecule has 10 nitrogen and oxygen atoms in total. The van der Waals surface area contributed by atoms with Gasteiger partial charge in [-0.15, -0.1) is 11.3 Å². The Morgan fingerprint density at radius 1 is 1.13 bits per heavy atom. The van der Waals surface area contributed by atoms with Crippen molar-refractivity contribution >= 4 is 44.0 Å². The molecule has 1 saturated carbocycles. The first-order chi connectivity index (χ1) is 22.7. The van der Waals surface area contributed by atoms with Crippen LogP contribution in [0, 0.1) is 0 Å². The van der Waals surface area contributed by atoms with Crippen LogP contribution in [0.3, 0.4) is 0 Å². The van der Waals surface area contributed by atoms with Crippen LogP contribution < -0.4 is 4.74 Å². The molecule has 4 heterocycles. The van der Waals surface area contributed by atoms with Crippen LogP contribution in [-0.4, -0.2) is 73.5 Å². The number of thiazole rings is 1. The molecule has 0 amide bonds. The van der Waals surface area contributed by atoms with Gasteiger partial charge in [-0.2, -0.15) is 0 Å². The lowest BCUT2D eigenvalue weighted by Gasteiger charge is -2.39. The minimum atomic E-state index is -4.10. The number of rotatable bonds is 11. The number of aromatic nitrogens is 3. The van der Waals surface area contributed by atoms with Gasteiger partial charge in [0.1, 0.15) is 40.6 Å². The lowest BCUT2D eigenvalue weighted by Crippen LogP contribution is -2.43. The number of hydrogen-bond donors (Lipinski definition) is 0. The number of methoxy groups -OCH3 is 1. The first-order valence-electron chi connectivity index (χ1n) is 15.5.